The second-order valence-electron chi connectivity index (χ2n) is 8.48. The Morgan fingerprint density at radius 2 is 1.90 bits per heavy atom. The monoisotopic (exact) mass is 530 g/mol. The molecule has 2 aliphatic rings. The summed E-state index contributed by atoms with van der Waals surface area (Å²) in [6.45, 7) is 4.23. The van der Waals surface area contributed by atoms with E-state index in [1.54, 1.807) is 23.0 Å². The van der Waals surface area contributed by atoms with Crippen LogP contribution in [0.4, 0.5) is 0 Å². The number of piperidine rings is 1. The first kappa shape index (κ1) is 20.9. The lowest BCUT2D eigenvalue weighted by Crippen LogP contribution is -2.53. The summed E-state index contributed by atoms with van der Waals surface area (Å²) in [7, 11) is 0. The first-order valence-electron chi connectivity index (χ1n) is 11.1. The van der Waals surface area contributed by atoms with Crippen molar-refractivity contribution in [1.29, 1.82) is 0 Å². The summed E-state index contributed by atoms with van der Waals surface area (Å²) < 4.78 is 8.36. The fraction of sp³-hybridized carbons (Fsp3) is 0.458. The first-order valence-corrected chi connectivity index (χ1v) is 12.2. The molecule has 7 heteroatoms. The van der Waals surface area contributed by atoms with Crippen LogP contribution in [0, 0.1) is 0 Å². The van der Waals surface area contributed by atoms with Gasteiger partial charge in [-0.1, -0.05) is 29.5 Å². The molecule has 2 fully saturated rings. The van der Waals surface area contributed by atoms with Crippen LogP contribution in [-0.2, 0) is 6.42 Å². The smallest absolute Gasteiger partial charge is 0.267 e. The quantitative estimate of drug-likeness (QED) is 0.276. The number of benzene rings is 1. The van der Waals surface area contributed by atoms with E-state index in [4.69, 9.17) is 4.74 Å². The van der Waals surface area contributed by atoms with Gasteiger partial charge in [0.15, 0.2) is 0 Å². The van der Waals surface area contributed by atoms with Crippen molar-refractivity contribution < 1.29 is 4.74 Å². The van der Waals surface area contributed by atoms with Crippen molar-refractivity contribution in [3.8, 4) is 11.4 Å². The molecule has 3 aromatic rings. The lowest BCUT2D eigenvalue weighted by atomic mass is 9.89. The second kappa shape index (κ2) is 8.50. The van der Waals surface area contributed by atoms with Crippen LogP contribution in [0.25, 0.3) is 16.6 Å². The fourth-order valence-electron chi connectivity index (χ4n) is 4.60. The lowest BCUT2D eigenvalue weighted by molar-refractivity contribution is 0.0409. The molecule has 1 aliphatic carbocycles. The summed E-state index contributed by atoms with van der Waals surface area (Å²) in [5.41, 5.74) is 1.41. The Morgan fingerprint density at radius 1 is 1.16 bits per heavy atom. The van der Waals surface area contributed by atoms with Crippen molar-refractivity contribution in [2.45, 2.75) is 55.1 Å². The van der Waals surface area contributed by atoms with Gasteiger partial charge in [-0.2, -0.15) is 0 Å². The van der Waals surface area contributed by atoms with Crippen molar-refractivity contribution in [1.82, 2.24) is 19.4 Å². The maximum absolute atomic E-state index is 13.1. The minimum absolute atomic E-state index is 0.0836. The zero-order chi connectivity index (χ0) is 21.4. The third kappa shape index (κ3) is 3.98. The number of aryl methyl sites for hydroxylation is 1. The topological polar surface area (TPSA) is 60.3 Å². The predicted molar refractivity (Wildman–Crippen MR) is 130 cm³/mol. The van der Waals surface area contributed by atoms with Gasteiger partial charge in [0.2, 0.25) is 0 Å². The highest BCUT2D eigenvalue weighted by Crippen LogP contribution is 2.44. The summed E-state index contributed by atoms with van der Waals surface area (Å²) in [5, 5.41) is 0.534. The van der Waals surface area contributed by atoms with Crippen LogP contribution in [0.5, 0.6) is 5.75 Å². The van der Waals surface area contributed by atoms with Crippen molar-refractivity contribution in [2.75, 3.05) is 13.1 Å². The number of alkyl halides is 1. The van der Waals surface area contributed by atoms with E-state index >= 15 is 0 Å². The van der Waals surface area contributed by atoms with Gasteiger partial charge in [-0.3, -0.25) is 19.2 Å². The Labute approximate surface area is 195 Å². The van der Waals surface area contributed by atoms with E-state index in [1.165, 1.54) is 19.3 Å². The van der Waals surface area contributed by atoms with Crippen molar-refractivity contribution >= 4 is 33.5 Å². The van der Waals surface area contributed by atoms with Crippen LogP contribution in [0.2, 0.25) is 0 Å². The van der Waals surface area contributed by atoms with E-state index in [-0.39, 0.29) is 11.7 Å². The minimum Gasteiger partial charge on any atom is -0.490 e. The minimum atomic E-state index is -0.0836. The average Bonchev–Trinajstić information content (AvgIpc) is 2.78. The van der Waals surface area contributed by atoms with Gasteiger partial charge in [0.25, 0.3) is 5.56 Å². The SMILES string of the molecule is CCc1nc2ccncc2c(=O)n1-c1ccc(OC2CCN(C3(I)CCC3)CC2)cc1. The van der Waals surface area contributed by atoms with Crippen LogP contribution in [0.1, 0.15) is 44.9 Å². The molecular formula is C24H27IN4O2. The molecule has 162 valence electrons. The number of ether oxygens (including phenoxy) is 1. The number of aromatic nitrogens is 3. The molecule has 0 bridgehead atoms. The van der Waals surface area contributed by atoms with Crippen molar-refractivity contribution in [3.63, 3.8) is 0 Å². The highest BCUT2D eigenvalue weighted by Gasteiger charge is 2.41. The molecule has 6 nitrogen and oxygen atoms in total. The molecule has 2 aromatic heterocycles. The highest BCUT2D eigenvalue weighted by atomic mass is 127. The summed E-state index contributed by atoms with van der Waals surface area (Å²) >= 11 is 2.65. The van der Waals surface area contributed by atoms with Crippen LogP contribution in [0.15, 0.2) is 47.5 Å². The van der Waals surface area contributed by atoms with E-state index in [2.05, 4.69) is 37.5 Å². The number of halogens is 1. The molecule has 0 amide bonds. The van der Waals surface area contributed by atoms with Gasteiger partial charge < -0.3 is 4.74 Å². The first-order chi connectivity index (χ1) is 15.1. The van der Waals surface area contributed by atoms with E-state index in [0.717, 1.165) is 43.2 Å². The number of nitrogens with zero attached hydrogens (tertiary/aromatic N) is 4. The second-order valence-corrected chi connectivity index (χ2v) is 10.5. The highest BCUT2D eigenvalue weighted by molar-refractivity contribution is 14.1. The van der Waals surface area contributed by atoms with Gasteiger partial charge in [0.05, 0.1) is 20.1 Å². The number of hydrogen-bond donors (Lipinski definition) is 0. The molecule has 1 saturated carbocycles. The third-order valence-electron chi connectivity index (χ3n) is 6.58. The van der Waals surface area contributed by atoms with E-state index < -0.39 is 0 Å². The van der Waals surface area contributed by atoms with Crippen LogP contribution in [-0.4, -0.2) is 42.2 Å². The van der Waals surface area contributed by atoms with Gasteiger partial charge >= 0.3 is 0 Å². The van der Waals surface area contributed by atoms with Crippen LogP contribution >= 0.6 is 22.6 Å². The molecule has 31 heavy (non-hydrogen) atoms. The normalized spacial score (nSPS) is 19.3. The van der Waals surface area contributed by atoms with E-state index in [1.807, 2.05) is 31.2 Å². The Balaban J connectivity index is 1.32. The van der Waals surface area contributed by atoms with E-state index in [9.17, 15) is 4.79 Å². The molecule has 0 radical (unpaired) electrons. The zero-order valence-electron chi connectivity index (χ0n) is 17.8. The molecule has 0 unspecified atom stereocenters. The standard InChI is InChI=1S/C24H27IN4O2/c1-2-22-27-21-8-13-26-16-20(21)23(30)29(22)17-4-6-18(7-5-17)31-19-9-14-28(15-10-19)24(25)11-3-12-24/h4-8,13,16,19H,2-3,9-12,14-15H2,1H3. The van der Waals surface area contributed by atoms with Crippen molar-refractivity contribution in [3.05, 3.63) is 58.9 Å². The number of pyridine rings is 1. The zero-order valence-corrected chi connectivity index (χ0v) is 19.9. The molecule has 1 saturated heterocycles. The fourth-order valence-corrected chi connectivity index (χ4v) is 5.85. The summed E-state index contributed by atoms with van der Waals surface area (Å²) in [4.78, 5) is 24.5. The number of rotatable bonds is 5. The number of likely N-dealkylation sites (tertiary alicyclic amines) is 1. The number of fused-ring (bicyclic) bond motifs is 1. The average molecular weight is 530 g/mol. The van der Waals surface area contributed by atoms with E-state index in [0.29, 0.717) is 20.9 Å². The molecular weight excluding hydrogens is 503 g/mol. The van der Waals surface area contributed by atoms with Crippen LogP contribution < -0.4 is 10.3 Å². The Morgan fingerprint density at radius 3 is 2.55 bits per heavy atom. The molecule has 3 heterocycles. The Hall–Kier alpha value is -2.00. The lowest BCUT2D eigenvalue weighted by Gasteiger charge is -2.48. The third-order valence-corrected chi connectivity index (χ3v) is 8.34. The largest absolute Gasteiger partial charge is 0.490 e. The summed E-state index contributed by atoms with van der Waals surface area (Å²) in [6, 6.07) is 9.61. The number of hydrogen-bond acceptors (Lipinski definition) is 5. The Bertz CT molecular complexity index is 1130. The van der Waals surface area contributed by atoms with Crippen molar-refractivity contribution in [2.24, 2.45) is 0 Å². The maximum atomic E-state index is 13.1. The van der Waals surface area contributed by atoms with Gasteiger partial charge in [-0.15, -0.1) is 0 Å². The van der Waals surface area contributed by atoms with Gasteiger partial charge in [-0.05, 0) is 62.4 Å². The molecule has 5 rings (SSSR count). The predicted octanol–water partition coefficient (Wildman–Crippen LogP) is 4.50. The molecule has 1 aliphatic heterocycles. The maximum Gasteiger partial charge on any atom is 0.267 e. The molecule has 1 aromatic carbocycles. The summed E-state index contributed by atoms with van der Waals surface area (Å²) in [5.74, 6) is 1.60. The van der Waals surface area contributed by atoms with Gasteiger partial charge in [-0.25, -0.2) is 4.98 Å². The molecule has 0 atom stereocenters. The molecule has 0 N–H and O–H groups in total. The van der Waals surface area contributed by atoms with Gasteiger partial charge in [0, 0.05) is 31.9 Å². The molecule has 0 spiro atoms. The Kier molecular flexibility index (Phi) is 5.73. The van der Waals surface area contributed by atoms with Crippen LogP contribution in [0.3, 0.4) is 0 Å². The summed E-state index contributed by atoms with van der Waals surface area (Å²) in [6.07, 6.45) is 10.3. The van der Waals surface area contributed by atoms with Gasteiger partial charge in [0.1, 0.15) is 17.7 Å².